The molecule has 7 heteroatoms. The molecule has 1 saturated heterocycles. The van der Waals surface area contributed by atoms with Gasteiger partial charge in [0.25, 0.3) is 5.91 Å². The van der Waals surface area contributed by atoms with E-state index in [0.29, 0.717) is 17.9 Å². The largest absolute Gasteiger partial charge is 0.351 e. The maximum atomic E-state index is 12.1. The molecular formula is C15H19N5O2. The molecule has 0 atom stereocenters. The van der Waals surface area contributed by atoms with Gasteiger partial charge in [0.2, 0.25) is 12.2 Å². The molecule has 2 N–H and O–H groups in total. The molecule has 0 radical (unpaired) electrons. The van der Waals surface area contributed by atoms with Gasteiger partial charge in [0.1, 0.15) is 0 Å². The van der Waals surface area contributed by atoms with Gasteiger partial charge < -0.3 is 15.2 Å². The van der Waals surface area contributed by atoms with Crippen molar-refractivity contribution in [2.24, 2.45) is 0 Å². The third-order valence-corrected chi connectivity index (χ3v) is 3.69. The summed E-state index contributed by atoms with van der Waals surface area (Å²) in [5.74, 6) is 0.459. The van der Waals surface area contributed by atoms with Gasteiger partial charge in [-0.1, -0.05) is 17.3 Å². The first-order chi connectivity index (χ1) is 10.8. The molecule has 2 aromatic rings. The Kier molecular flexibility index (Phi) is 4.77. The maximum Gasteiger partial charge on any atom is 0.251 e. The minimum atomic E-state index is -0.0604. The molecule has 2 heterocycles. The van der Waals surface area contributed by atoms with E-state index in [1.165, 1.54) is 6.39 Å². The fourth-order valence-electron chi connectivity index (χ4n) is 2.43. The van der Waals surface area contributed by atoms with E-state index >= 15 is 0 Å². The molecule has 7 nitrogen and oxygen atoms in total. The molecule has 1 amide bonds. The molecule has 1 aromatic heterocycles. The number of hydrogen-bond donors (Lipinski definition) is 2. The molecule has 1 fully saturated rings. The van der Waals surface area contributed by atoms with Gasteiger partial charge in [-0.3, -0.25) is 9.69 Å². The van der Waals surface area contributed by atoms with Crippen LogP contribution in [0.5, 0.6) is 0 Å². The van der Waals surface area contributed by atoms with E-state index in [2.05, 4.69) is 25.7 Å². The van der Waals surface area contributed by atoms with E-state index in [1.54, 1.807) is 12.1 Å². The first-order valence-corrected chi connectivity index (χ1v) is 7.41. The standard InChI is InChI=1S/C15H19N5O2/c21-15(17-7-10-20-8-5-16-6-9-20)13-3-1-12(2-4-13)14-18-11-22-19-14/h1-4,11,16H,5-10H2,(H,17,21). The van der Waals surface area contributed by atoms with Crippen molar-refractivity contribution >= 4 is 5.91 Å². The van der Waals surface area contributed by atoms with E-state index in [4.69, 9.17) is 4.52 Å². The highest BCUT2D eigenvalue weighted by molar-refractivity contribution is 5.94. The molecule has 1 aliphatic heterocycles. The van der Waals surface area contributed by atoms with Gasteiger partial charge in [-0.2, -0.15) is 4.98 Å². The molecule has 0 unspecified atom stereocenters. The summed E-state index contributed by atoms with van der Waals surface area (Å²) in [6.45, 7) is 5.65. The number of hydrogen-bond acceptors (Lipinski definition) is 6. The van der Waals surface area contributed by atoms with E-state index in [1.807, 2.05) is 12.1 Å². The van der Waals surface area contributed by atoms with Crippen LogP contribution < -0.4 is 10.6 Å². The van der Waals surface area contributed by atoms with Crippen molar-refractivity contribution in [2.75, 3.05) is 39.3 Å². The van der Waals surface area contributed by atoms with E-state index in [9.17, 15) is 4.79 Å². The van der Waals surface area contributed by atoms with Crippen molar-refractivity contribution in [1.29, 1.82) is 0 Å². The SMILES string of the molecule is O=C(NCCN1CCNCC1)c1ccc(-c2ncon2)cc1. The summed E-state index contributed by atoms with van der Waals surface area (Å²) < 4.78 is 4.71. The Morgan fingerprint density at radius 1 is 1.27 bits per heavy atom. The first kappa shape index (κ1) is 14.7. The monoisotopic (exact) mass is 301 g/mol. The molecule has 1 aliphatic rings. The van der Waals surface area contributed by atoms with Crippen LogP contribution in [-0.2, 0) is 0 Å². The first-order valence-electron chi connectivity index (χ1n) is 7.41. The van der Waals surface area contributed by atoms with Crippen molar-refractivity contribution in [3.63, 3.8) is 0 Å². The summed E-state index contributed by atoms with van der Waals surface area (Å²) in [6.07, 6.45) is 1.28. The minimum Gasteiger partial charge on any atom is -0.351 e. The average molecular weight is 301 g/mol. The van der Waals surface area contributed by atoms with E-state index in [0.717, 1.165) is 38.3 Å². The molecule has 1 aromatic carbocycles. The van der Waals surface area contributed by atoms with Crippen molar-refractivity contribution in [3.05, 3.63) is 36.2 Å². The lowest BCUT2D eigenvalue weighted by atomic mass is 10.1. The number of benzene rings is 1. The van der Waals surface area contributed by atoms with Crippen LogP contribution in [0.2, 0.25) is 0 Å². The summed E-state index contributed by atoms with van der Waals surface area (Å²) in [7, 11) is 0. The highest BCUT2D eigenvalue weighted by Gasteiger charge is 2.10. The number of piperazine rings is 1. The highest BCUT2D eigenvalue weighted by atomic mass is 16.5. The minimum absolute atomic E-state index is 0.0604. The topological polar surface area (TPSA) is 83.3 Å². The van der Waals surface area contributed by atoms with Crippen molar-refractivity contribution in [3.8, 4) is 11.4 Å². The zero-order valence-corrected chi connectivity index (χ0v) is 12.3. The number of carbonyl (C=O) groups excluding carboxylic acids is 1. The average Bonchev–Trinajstić information content (AvgIpc) is 3.10. The van der Waals surface area contributed by atoms with Crippen molar-refractivity contribution < 1.29 is 9.32 Å². The molecular weight excluding hydrogens is 282 g/mol. The van der Waals surface area contributed by atoms with Crippen LogP contribution in [0.1, 0.15) is 10.4 Å². The normalized spacial score (nSPS) is 15.6. The molecule has 116 valence electrons. The Hall–Kier alpha value is -2.25. The summed E-state index contributed by atoms with van der Waals surface area (Å²) in [5, 5.41) is 10.0. The van der Waals surface area contributed by atoms with Gasteiger partial charge in [0.15, 0.2) is 0 Å². The third-order valence-electron chi connectivity index (χ3n) is 3.69. The van der Waals surface area contributed by atoms with Crippen molar-refractivity contribution in [1.82, 2.24) is 25.7 Å². The Balaban J connectivity index is 1.49. The van der Waals surface area contributed by atoms with Gasteiger partial charge >= 0.3 is 0 Å². The lowest BCUT2D eigenvalue weighted by molar-refractivity contribution is 0.0947. The molecule has 3 rings (SSSR count). The Morgan fingerprint density at radius 3 is 2.73 bits per heavy atom. The number of aromatic nitrogens is 2. The van der Waals surface area contributed by atoms with Crippen LogP contribution >= 0.6 is 0 Å². The predicted octanol–water partition coefficient (Wildman–Crippen LogP) is 0.372. The molecule has 0 aliphatic carbocycles. The lowest BCUT2D eigenvalue weighted by Gasteiger charge is -2.27. The van der Waals surface area contributed by atoms with Crippen LogP contribution in [-0.4, -0.2) is 60.2 Å². The second-order valence-corrected chi connectivity index (χ2v) is 5.18. The maximum absolute atomic E-state index is 12.1. The summed E-state index contributed by atoms with van der Waals surface area (Å²) in [4.78, 5) is 18.4. The van der Waals surface area contributed by atoms with E-state index < -0.39 is 0 Å². The Bertz CT molecular complexity index is 591. The Morgan fingerprint density at radius 2 is 2.05 bits per heavy atom. The van der Waals surface area contributed by atoms with Gasteiger partial charge in [-0.05, 0) is 12.1 Å². The zero-order chi connectivity index (χ0) is 15.2. The van der Waals surface area contributed by atoms with Gasteiger partial charge in [-0.15, -0.1) is 0 Å². The van der Waals surface area contributed by atoms with Gasteiger partial charge in [-0.25, -0.2) is 0 Å². The second-order valence-electron chi connectivity index (χ2n) is 5.18. The van der Waals surface area contributed by atoms with Crippen LogP contribution in [0, 0.1) is 0 Å². The fourth-order valence-corrected chi connectivity index (χ4v) is 2.43. The van der Waals surface area contributed by atoms with E-state index in [-0.39, 0.29) is 5.91 Å². The number of rotatable bonds is 5. The van der Waals surface area contributed by atoms with Crippen LogP contribution in [0.15, 0.2) is 35.2 Å². The van der Waals surface area contributed by atoms with Gasteiger partial charge in [0, 0.05) is 50.4 Å². The van der Waals surface area contributed by atoms with Crippen molar-refractivity contribution in [2.45, 2.75) is 0 Å². The number of nitrogens with one attached hydrogen (secondary N) is 2. The quantitative estimate of drug-likeness (QED) is 0.830. The number of nitrogens with zero attached hydrogens (tertiary/aromatic N) is 3. The number of amides is 1. The summed E-state index contributed by atoms with van der Waals surface area (Å²) in [5.41, 5.74) is 1.46. The predicted molar refractivity (Wildman–Crippen MR) is 81.4 cm³/mol. The lowest BCUT2D eigenvalue weighted by Crippen LogP contribution is -2.46. The van der Waals surface area contributed by atoms with Crippen LogP contribution in [0.4, 0.5) is 0 Å². The van der Waals surface area contributed by atoms with Gasteiger partial charge in [0.05, 0.1) is 0 Å². The zero-order valence-electron chi connectivity index (χ0n) is 12.3. The summed E-state index contributed by atoms with van der Waals surface area (Å²) in [6, 6.07) is 7.17. The number of carbonyl (C=O) groups is 1. The summed E-state index contributed by atoms with van der Waals surface area (Å²) >= 11 is 0. The second kappa shape index (κ2) is 7.15. The molecule has 0 bridgehead atoms. The molecule has 22 heavy (non-hydrogen) atoms. The smallest absolute Gasteiger partial charge is 0.251 e. The third kappa shape index (κ3) is 3.69. The van der Waals surface area contributed by atoms with Crippen LogP contribution in [0.3, 0.4) is 0 Å². The van der Waals surface area contributed by atoms with Crippen LogP contribution in [0.25, 0.3) is 11.4 Å². The highest BCUT2D eigenvalue weighted by Crippen LogP contribution is 2.14. The molecule has 0 spiro atoms. The molecule has 0 saturated carbocycles. The fraction of sp³-hybridized carbons (Fsp3) is 0.400. The Labute approximate surface area is 128 Å².